The molecular formula is C17H25N5O3S. The van der Waals surface area contributed by atoms with Gasteiger partial charge in [0.1, 0.15) is 5.82 Å². The van der Waals surface area contributed by atoms with Crippen LogP contribution in [0.1, 0.15) is 44.9 Å². The van der Waals surface area contributed by atoms with E-state index in [1.165, 1.54) is 37.4 Å². The van der Waals surface area contributed by atoms with Crippen molar-refractivity contribution in [1.82, 2.24) is 25.8 Å². The summed E-state index contributed by atoms with van der Waals surface area (Å²) < 4.78 is 5.05. The van der Waals surface area contributed by atoms with Gasteiger partial charge >= 0.3 is 12.0 Å². The Hall–Kier alpha value is -2.03. The Morgan fingerprint density at radius 1 is 1.35 bits per heavy atom. The van der Waals surface area contributed by atoms with E-state index in [4.69, 9.17) is 4.74 Å². The zero-order valence-corrected chi connectivity index (χ0v) is 15.8. The summed E-state index contributed by atoms with van der Waals surface area (Å²) in [6.45, 7) is 2.21. The Morgan fingerprint density at radius 2 is 2.15 bits per heavy atom. The van der Waals surface area contributed by atoms with Crippen molar-refractivity contribution in [3.63, 3.8) is 0 Å². The van der Waals surface area contributed by atoms with Crippen LogP contribution in [0.15, 0.2) is 16.4 Å². The summed E-state index contributed by atoms with van der Waals surface area (Å²) in [7, 11) is 0. The summed E-state index contributed by atoms with van der Waals surface area (Å²) in [5, 5.41) is 13.1. The summed E-state index contributed by atoms with van der Waals surface area (Å²) in [5.41, 5.74) is 0.991. The molecule has 0 spiro atoms. The first-order chi connectivity index (χ1) is 12.7. The topological polar surface area (TPSA) is 109 Å². The molecule has 26 heavy (non-hydrogen) atoms. The zero-order valence-electron chi connectivity index (χ0n) is 15.0. The van der Waals surface area contributed by atoms with Crippen LogP contribution in [0.3, 0.4) is 0 Å². The lowest BCUT2D eigenvalue weighted by molar-refractivity contribution is -0.138. The molecule has 0 saturated heterocycles. The minimum absolute atomic E-state index is 0.168. The molecule has 1 aliphatic heterocycles. The maximum Gasteiger partial charge on any atom is 0.337 e. The molecule has 3 rings (SSSR count). The van der Waals surface area contributed by atoms with Gasteiger partial charge in [0.15, 0.2) is 0 Å². The lowest BCUT2D eigenvalue weighted by Crippen LogP contribution is -2.44. The van der Waals surface area contributed by atoms with Gasteiger partial charge in [-0.1, -0.05) is 37.4 Å². The van der Waals surface area contributed by atoms with Gasteiger partial charge in [-0.25, -0.2) is 14.6 Å². The van der Waals surface area contributed by atoms with Crippen molar-refractivity contribution in [1.29, 1.82) is 0 Å². The Morgan fingerprint density at radius 3 is 2.92 bits per heavy atom. The fraction of sp³-hybridized carbons (Fsp3) is 0.647. The number of amides is 2. The van der Waals surface area contributed by atoms with Crippen molar-refractivity contribution < 1.29 is 14.3 Å². The number of rotatable bonds is 8. The van der Waals surface area contributed by atoms with E-state index in [1.54, 1.807) is 6.92 Å². The predicted octanol–water partition coefficient (Wildman–Crippen LogP) is 2.15. The van der Waals surface area contributed by atoms with Gasteiger partial charge < -0.3 is 15.4 Å². The number of H-pyrrole nitrogens is 1. The first-order valence-corrected chi connectivity index (χ1v) is 10.1. The molecule has 0 bridgehead atoms. The highest BCUT2D eigenvalue weighted by Gasteiger charge is 2.24. The molecule has 0 unspecified atom stereocenters. The van der Waals surface area contributed by atoms with Crippen molar-refractivity contribution in [3.05, 3.63) is 17.1 Å². The molecule has 1 fully saturated rings. The number of aromatic nitrogens is 3. The molecule has 0 aromatic carbocycles. The fourth-order valence-electron chi connectivity index (χ4n) is 3.30. The highest BCUT2D eigenvalue weighted by molar-refractivity contribution is 7.99. The van der Waals surface area contributed by atoms with Gasteiger partial charge in [0.25, 0.3) is 0 Å². The minimum atomic E-state index is -0.414. The van der Waals surface area contributed by atoms with Crippen molar-refractivity contribution in [2.75, 3.05) is 18.9 Å². The normalized spacial score (nSPS) is 18.0. The quantitative estimate of drug-likeness (QED) is 0.472. The third-order valence-electron chi connectivity index (χ3n) is 4.70. The number of hydrogen-bond acceptors (Lipinski definition) is 6. The van der Waals surface area contributed by atoms with Gasteiger partial charge in [-0.15, -0.1) is 5.10 Å². The van der Waals surface area contributed by atoms with Crippen molar-refractivity contribution in [2.24, 2.45) is 5.92 Å². The van der Waals surface area contributed by atoms with E-state index in [1.807, 2.05) is 0 Å². The fourth-order valence-corrected chi connectivity index (χ4v) is 4.10. The van der Waals surface area contributed by atoms with Gasteiger partial charge in [-0.2, -0.15) is 0 Å². The van der Waals surface area contributed by atoms with E-state index in [-0.39, 0.29) is 12.6 Å². The van der Waals surface area contributed by atoms with E-state index < -0.39 is 5.97 Å². The molecule has 1 aromatic rings. The number of nitrogens with one attached hydrogen (secondary N) is 3. The first kappa shape index (κ1) is 18.8. The first-order valence-electron chi connectivity index (χ1n) is 9.13. The number of carbonyl (C=O) groups is 2. The second kappa shape index (κ2) is 9.07. The third kappa shape index (κ3) is 5.00. The second-order valence-electron chi connectivity index (χ2n) is 6.53. The van der Waals surface area contributed by atoms with Crippen LogP contribution in [0.4, 0.5) is 4.79 Å². The van der Waals surface area contributed by atoms with Crippen molar-refractivity contribution >= 4 is 23.8 Å². The number of thioether (sulfide) groups is 1. The molecule has 9 heteroatoms. The molecule has 2 aliphatic rings. The molecule has 0 radical (unpaired) electrons. The zero-order chi connectivity index (χ0) is 18.4. The summed E-state index contributed by atoms with van der Waals surface area (Å²) in [6, 6.07) is -0.319. The van der Waals surface area contributed by atoms with Gasteiger partial charge in [-0.3, -0.25) is 5.10 Å². The van der Waals surface area contributed by atoms with Crippen LogP contribution < -0.4 is 10.6 Å². The largest absolute Gasteiger partial charge is 0.463 e. The highest BCUT2D eigenvalue weighted by atomic mass is 32.2. The molecule has 2 amide bonds. The van der Waals surface area contributed by atoms with Crippen LogP contribution in [0.2, 0.25) is 0 Å². The van der Waals surface area contributed by atoms with Crippen LogP contribution in [0.5, 0.6) is 0 Å². The molecule has 1 saturated carbocycles. The number of nitrogens with zero attached hydrogens (tertiary/aromatic N) is 2. The van der Waals surface area contributed by atoms with E-state index in [0.29, 0.717) is 28.8 Å². The summed E-state index contributed by atoms with van der Waals surface area (Å²) in [5.74, 6) is 1.70. The van der Waals surface area contributed by atoms with E-state index >= 15 is 0 Å². The summed E-state index contributed by atoms with van der Waals surface area (Å²) >= 11 is 1.39. The van der Waals surface area contributed by atoms with E-state index in [9.17, 15) is 9.59 Å². The number of hydrogen-bond donors (Lipinski definition) is 3. The third-order valence-corrected chi connectivity index (χ3v) is 5.57. The van der Waals surface area contributed by atoms with Gasteiger partial charge in [0, 0.05) is 17.9 Å². The smallest absolute Gasteiger partial charge is 0.337 e. The molecular weight excluding hydrogens is 354 g/mol. The second-order valence-corrected chi connectivity index (χ2v) is 7.47. The van der Waals surface area contributed by atoms with Crippen LogP contribution in [-0.4, -0.2) is 46.1 Å². The molecule has 1 aromatic heterocycles. The van der Waals surface area contributed by atoms with Crippen LogP contribution >= 0.6 is 11.8 Å². The van der Waals surface area contributed by atoms with E-state index in [0.717, 1.165) is 24.6 Å². The molecule has 142 valence electrons. The Balaban J connectivity index is 1.56. The number of aryl methyl sites for hydroxylation is 1. The maximum absolute atomic E-state index is 12.0. The molecule has 8 nitrogen and oxygen atoms in total. The van der Waals surface area contributed by atoms with Crippen LogP contribution in [0.25, 0.3) is 0 Å². The highest BCUT2D eigenvalue weighted by Crippen LogP contribution is 2.28. The Kier molecular flexibility index (Phi) is 6.54. The maximum atomic E-state index is 12.0. The van der Waals surface area contributed by atoms with Gasteiger partial charge in [0.05, 0.1) is 18.7 Å². The van der Waals surface area contributed by atoms with Crippen molar-refractivity contribution in [3.8, 4) is 0 Å². The molecule has 2 heterocycles. The Bertz CT molecular complexity index is 682. The number of esters is 1. The standard InChI is InChI=1S/C17H25N5O3S/c1-2-25-15(23)12-9-18-16(24)19-13(12)10-26-17-20-14(21-22-17)8-7-11-5-3-4-6-11/h11H,2-10H2,1H3,(H2,18,19,24)(H,20,21,22). The minimum Gasteiger partial charge on any atom is -0.463 e. The number of urea groups is 1. The van der Waals surface area contributed by atoms with Gasteiger partial charge in [-0.05, 0) is 19.3 Å². The molecule has 3 N–H and O–H groups in total. The van der Waals surface area contributed by atoms with Crippen molar-refractivity contribution in [2.45, 2.75) is 50.6 Å². The van der Waals surface area contributed by atoms with E-state index in [2.05, 4.69) is 25.8 Å². The monoisotopic (exact) mass is 379 g/mol. The van der Waals surface area contributed by atoms with Crippen LogP contribution in [0, 0.1) is 5.92 Å². The Labute approximate surface area is 156 Å². The molecule has 0 atom stereocenters. The average molecular weight is 379 g/mol. The molecule has 1 aliphatic carbocycles. The average Bonchev–Trinajstić information content (AvgIpc) is 3.30. The summed E-state index contributed by atoms with van der Waals surface area (Å²) in [6.07, 6.45) is 7.42. The number of carbonyl (C=O) groups excluding carboxylic acids is 2. The van der Waals surface area contributed by atoms with Crippen LogP contribution in [-0.2, 0) is 16.0 Å². The lowest BCUT2D eigenvalue weighted by Gasteiger charge is -2.20. The SMILES string of the molecule is CCOC(=O)C1=C(CSc2n[nH]c(CCC3CCCC3)n2)NC(=O)NC1. The predicted molar refractivity (Wildman–Crippen MR) is 97.6 cm³/mol. The van der Waals surface area contributed by atoms with Gasteiger partial charge in [0.2, 0.25) is 5.16 Å². The lowest BCUT2D eigenvalue weighted by atomic mass is 10.0. The number of aromatic amines is 1. The summed E-state index contributed by atoms with van der Waals surface area (Å²) in [4.78, 5) is 28.1. The number of ether oxygens (including phenoxy) is 1.